The Labute approximate surface area is 255 Å². The lowest BCUT2D eigenvalue weighted by atomic mass is 9.88. The minimum absolute atomic E-state index is 0.00755. The zero-order chi connectivity index (χ0) is 29.7. The SMILES string of the molecule is CN1CCN(c2ccc(Nc3cc(-c4ccc(F)c(CC(=O)c5cc6c(s5)CC5CCC6C5)c4)cn(C)c3=O)nc2)CC1. The summed E-state index contributed by atoms with van der Waals surface area (Å²) in [5.74, 6) is 1.48. The first kappa shape index (κ1) is 28.0. The van der Waals surface area contributed by atoms with Crippen molar-refractivity contribution in [3.8, 4) is 11.1 Å². The molecule has 0 spiro atoms. The monoisotopic (exact) mass is 597 g/mol. The maximum atomic E-state index is 15.0. The van der Waals surface area contributed by atoms with E-state index in [1.54, 1.807) is 42.8 Å². The minimum Gasteiger partial charge on any atom is -0.368 e. The molecule has 2 aliphatic carbocycles. The summed E-state index contributed by atoms with van der Waals surface area (Å²) in [6.07, 6.45) is 8.39. The highest BCUT2D eigenvalue weighted by Crippen LogP contribution is 2.48. The van der Waals surface area contributed by atoms with Crippen LogP contribution in [0.2, 0.25) is 0 Å². The summed E-state index contributed by atoms with van der Waals surface area (Å²) in [5.41, 5.74) is 4.44. The Bertz CT molecular complexity index is 1740. The second-order valence-electron chi connectivity index (χ2n) is 12.4. The molecule has 4 heterocycles. The van der Waals surface area contributed by atoms with Crippen molar-refractivity contribution in [3.05, 3.63) is 91.9 Å². The number of hydrogen-bond donors (Lipinski definition) is 1. The molecule has 3 aromatic heterocycles. The number of hydrogen-bond acceptors (Lipinski definition) is 7. The van der Waals surface area contributed by atoms with Crippen LogP contribution in [0.5, 0.6) is 0 Å². The van der Waals surface area contributed by atoms with Crippen molar-refractivity contribution in [2.24, 2.45) is 13.0 Å². The van der Waals surface area contributed by atoms with Crippen molar-refractivity contribution in [1.82, 2.24) is 14.5 Å². The van der Waals surface area contributed by atoms with E-state index in [-0.39, 0.29) is 17.8 Å². The van der Waals surface area contributed by atoms with Gasteiger partial charge in [-0.05, 0) is 97.7 Å². The van der Waals surface area contributed by atoms with Gasteiger partial charge in [0.05, 0.1) is 16.8 Å². The van der Waals surface area contributed by atoms with Gasteiger partial charge in [0.25, 0.3) is 5.56 Å². The minimum atomic E-state index is -0.398. The Balaban J connectivity index is 1.10. The Hall–Kier alpha value is -3.82. The fourth-order valence-corrected chi connectivity index (χ4v) is 8.15. The number of thiophene rings is 1. The number of likely N-dealkylation sites (N-methyl/N-ethyl adjacent to an activating group) is 1. The number of halogens is 1. The van der Waals surface area contributed by atoms with Crippen LogP contribution in [0.25, 0.3) is 11.1 Å². The Morgan fingerprint density at radius 3 is 2.67 bits per heavy atom. The van der Waals surface area contributed by atoms with Gasteiger partial charge in [0.2, 0.25) is 0 Å². The van der Waals surface area contributed by atoms with Crippen molar-refractivity contribution in [1.29, 1.82) is 0 Å². The fourth-order valence-electron chi connectivity index (χ4n) is 6.85. The van der Waals surface area contributed by atoms with Crippen LogP contribution in [-0.4, -0.2) is 53.5 Å². The summed E-state index contributed by atoms with van der Waals surface area (Å²) >= 11 is 1.60. The zero-order valence-electron chi connectivity index (χ0n) is 24.6. The Morgan fingerprint density at radius 2 is 1.88 bits per heavy atom. The molecule has 0 amide bonds. The third-order valence-corrected chi connectivity index (χ3v) is 10.6. The van der Waals surface area contributed by atoms with Crippen LogP contribution in [0.4, 0.5) is 21.6 Å². The Kier molecular flexibility index (Phi) is 7.39. The molecule has 4 aromatic rings. The summed E-state index contributed by atoms with van der Waals surface area (Å²) in [6.45, 7) is 3.93. The number of Topliss-reactive ketones (excluding diaryl/α,β-unsaturated/α-hetero) is 1. The van der Waals surface area contributed by atoms with Crippen molar-refractivity contribution >= 4 is 34.3 Å². The molecule has 1 saturated heterocycles. The number of aryl methyl sites for hydroxylation is 1. The van der Waals surface area contributed by atoms with E-state index in [1.807, 2.05) is 18.3 Å². The molecule has 1 aliphatic heterocycles. The van der Waals surface area contributed by atoms with Gasteiger partial charge in [-0.1, -0.05) is 6.07 Å². The summed E-state index contributed by atoms with van der Waals surface area (Å²) in [7, 11) is 3.82. The van der Waals surface area contributed by atoms with Gasteiger partial charge in [-0.15, -0.1) is 11.3 Å². The van der Waals surface area contributed by atoms with Crippen LogP contribution in [-0.2, 0) is 19.9 Å². The molecule has 7 nitrogen and oxygen atoms in total. The number of benzene rings is 1. The summed E-state index contributed by atoms with van der Waals surface area (Å²) in [6, 6.07) is 12.6. The van der Waals surface area contributed by atoms with Gasteiger partial charge in [-0.25, -0.2) is 9.37 Å². The van der Waals surface area contributed by atoms with E-state index in [0.29, 0.717) is 23.0 Å². The van der Waals surface area contributed by atoms with Crippen molar-refractivity contribution in [2.45, 2.75) is 38.0 Å². The number of nitrogens with zero attached hydrogens (tertiary/aromatic N) is 4. The highest BCUT2D eigenvalue weighted by Gasteiger charge is 2.35. The van der Waals surface area contributed by atoms with E-state index in [1.165, 1.54) is 40.3 Å². The molecule has 1 saturated carbocycles. The lowest BCUT2D eigenvalue weighted by Gasteiger charge is -2.33. The van der Waals surface area contributed by atoms with E-state index < -0.39 is 5.82 Å². The first-order chi connectivity index (χ1) is 20.8. The number of pyridine rings is 2. The van der Waals surface area contributed by atoms with E-state index >= 15 is 0 Å². The Morgan fingerprint density at radius 1 is 1.05 bits per heavy atom. The predicted octanol–water partition coefficient (Wildman–Crippen LogP) is 6.01. The fraction of sp³-hybridized carbons (Fsp3) is 0.382. The van der Waals surface area contributed by atoms with Gasteiger partial charge < -0.3 is 19.7 Å². The van der Waals surface area contributed by atoms with Gasteiger partial charge in [-0.3, -0.25) is 9.59 Å². The van der Waals surface area contributed by atoms with Gasteiger partial charge in [-0.2, -0.15) is 0 Å². The van der Waals surface area contributed by atoms with Crippen LogP contribution < -0.4 is 15.8 Å². The number of carbonyl (C=O) groups excluding carboxylic acids is 1. The van der Waals surface area contributed by atoms with Crippen LogP contribution >= 0.6 is 11.3 Å². The number of rotatable bonds is 7. The van der Waals surface area contributed by atoms with Gasteiger partial charge >= 0.3 is 0 Å². The smallest absolute Gasteiger partial charge is 0.274 e. The molecular weight excluding hydrogens is 561 g/mol. The van der Waals surface area contributed by atoms with Crippen molar-refractivity contribution < 1.29 is 9.18 Å². The summed E-state index contributed by atoms with van der Waals surface area (Å²) in [4.78, 5) is 37.6. The van der Waals surface area contributed by atoms with Gasteiger partial charge in [0.15, 0.2) is 5.78 Å². The lowest BCUT2D eigenvalue weighted by molar-refractivity contribution is 0.0995. The molecule has 1 N–H and O–H groups in total. The molecule has 2 fully saturated rings. The number of carbonyl (C=O) groups is 1. The first-order valence-corrected chi connectivity index (χ1v) is 15.9. The molecule has 222 valence electrons. The maximum Gasteiger partial charge on any atom is 0.274 e. The average Bonchev–Trinajstić information content (AvgIpc) is 3.62. The number of piperazine rings is 1. The predicted molar refractivity (Wildman–Crippen MR) is 170 cm³/mol. The summed E-state index contributed by atoms with van der Waals surface area (Å²) < 4.78 is 16.5. The van der Waals surface area contributed by atoms with E-state index in [2.05, 4.69) is 33.2 Å². The molecule has 43 heavy (non-hydrogen) atoms. The van der Waals surface area contributed by atoms with Gasteiger partial charge in [0, 0.05) is 56.3 Å². The zero-order valence-corrected chi connectivity index (χ0v) is 25.4. The highest BCUT2D eigenvalue weighted by atomic mass is 32.1. The topological polar surface area (TPSA) is 70.5 Å². The quantitative estimate of drug-likeness (QED) is 0.263. The van der Waals surface area contributed by atoms with Crippen LogP contribution in [0, 0.1) is 11.7 Å². The summed E-state index contributed by atoms with van der Waals surface area (Å²) in [5, 5.41) is 3.18. The number of aromatic nitrogens is 2. The second kappa shape index (κ2) is 11.4. The number of anilines is 3. The number of nitrogens with one attached hydrogen (secondary N) is 1. The maximum absolute atomic E-state index is 15.0. The largest absolute Gasteiger partial charge is 0.368 e. The average molecular weight is 598 g/mol. The molecule has 9 heteroatoms. The van der Waals surface area contributed by atoms with E-state index in [4.69, 9.17) is 0 Å². The molecule has 7 rings (SSSR count). The molecule has 2 unspecified atom stereocenters. The van der Waals surface area contributed by atoms with E-state index in [0.717, 1.165) is 60.2 Å². The van der Waals surface area contributed by atoms with E-state index in [9.17, 15) is 14.0 Å². The lowest BCUT2D eigenvalue weighted by Crippen LogP contribution is -2.44. The molecule has 2 bridgehead atoms. The third kappa shape index (κ3) is 5.63. The normalized spacial score (nSPS) is 19.8. The van der Waals surface area contributed by atoms with Crippen LogP contribution in [0.3, 0.4) is 0 Å². The highest BCUT2D eigenvalue weighted by molar-refractivity contribution is 7.14. The van der Waals surface area contributed by atoms with Crippen molar-refractivity contribution in [3.63, 3.8) is 0 Å². The molecular formula is C34H36FN5O2S. The molecule has 3 aliphatic rings. The first-order valence-electron chi connectivity index (χ1n) is 15.1. The second-order valence-corrected chi connectivity index (χ2v) is 13.5. The molecule has 1 aromatic carbocycles. The van der Waals surface area contributed by atoms with Crippen molar-refractivity contribution in [2.75, 3.05) is 43.4 Å². The third-order valence-electron chi connectivity index (χ3n) is 9.36. The number of ketones is 1. The number of fused-ring (bicyclic) bond motifs is 4. The van der Waals surface area contributed by atoms with Gasteiger partial charge in [0.1, 0.15) is 17.3 Å². The standard InChI is InChI=1S/C34H36FN5O2S/c1-38-9-11-40(12-10-38)26-6-8-33(36-19-26)37-29-16-25(20-39(2)34(29)42)22-5-7-28(35)24(15-22)17-30(41)32-18-27-23-4-3-21(13-23)14-31(27)43-32/h5-8,15-16,18-21,23H,3-4,9-14,17H2,1-2H3,(H,36,37). The molecule has 2 atom stereocenters. The van der Waals surface area contributed by atoms with Crippen LogP contribution in [0.15, 0.2) is 59.7 Å². The van der Waals surface area contributed by atoms with Crippen LogP contribution in [0.1, 0.15) is 50.9 Å². The molecule has 0 radical (unpaired) electrons.